The lowest BCUT2D eigenvalue weighted by Crippen LogP contribution is -2.06. The fraction of sp³-hybridized carbons (Fsp3) is 0. The third-order valence-electron chi connectivity index (χ3n) is 3.02. The Morgan fingerprint density at radius 1 is 0.958 bits per heavy atom. The number of nitrogens with one attached hydrogen (secondary N) is 2. The Balaban J connectivity index is 1.96. The van der Waals surface area contributed by atoms with Crippen molar-refractivity contribution in [1.82, 2.24) is 15.0 Å². The zero-order valence-electron chi connectivity index (χ0n) is 12.2. The molecule has 0 unspecified atom stereocenters. The smallest absolute Gasteiger partial charge is 0.334 e. The molecular formula is C15H11IN6O2. The van der Waals surface area contributed by atoms with Crippen molar-refractivity contribution in [1.29, 1.82) is 0 Å². The van der Waals surface area contributed by atoms with E-state index in [0.29, 0.717) is 11.5 Å². The Morgan fingerprint density at radius 2 is 1.67 bits per heavy atom. The minimum atomic E-state index is -0.527. The van der Waals surface area contributed by atoms with E-state index < -0.39 is 4.92 Å². The van der Waals surface area contributed by atoms with Crippen LogP contribution < -0.4 is 10.6 Å². The van der Waals surface area contributed by atoms with Gasteiger partial charge in [0.25, 0.3) is 0 Å². The number of nitrogens with zero attached hydrogens (tertiary/aromatic N) is 4. The van der Waals surface area contributed by atoms with Crippen molar-refractivity contribution in [3.05, 3.63) is 68.7 Å². The number of rotatable bonds is 5. The van der Waals surface area contributed by atoms with Crippen molar-refractivity contribution in [2.24, 2.45) is 0 Å². The zero-order chi connectivity index (χ0) is 16.9. The van der Waals surface area contributed by atoms with Gasteiger partial charge in [-0.3, -0.25) is 10.1 Å². The molecule has 2 heterocycles. The summed E-state index contributed by atoms with van der Waals surface area (Å²) < 4.78 is 1.06. The lowest BCUT2D eigenvalue weighted by Gasteiger charge is -2.09. The SMILES string of the molecule is O=[N+]([O-])c1c(Nc2ccc(I)cc2)ncnc1Nc1ccccn1. The molecule has 0 aliphatic heterocycles. The minimum absolute atomic E-state index is 0.0710. The number of halogens is 1. The summed E-state index contributed by atoms with van der Waals surface area (Å²) >= 11 is 2.18. The molecule has 0 aliphatic carbocycles. The number of hydrogen-bond acceptors (Lipinski definition) is 7. The van der Waals surface area contributed by atoms with Crippen molar-refractivity contribution < 1.29 is 4.92 Å². The van der Waals surface area contributed by atoms with Crippen LogP contribution in [0.1, 0.15) is 0 Å². The molecule has 1 aromatic carbocycles. The maximum Gasteiger partial charge on any atom is 0.353 e. The van der Waals surface area contributed by atoms with Gasteiger partial charge in [0, 0.05) is 15.5 Å². The Bertz CT molecular complexity index is 858. The molecule has 3 aromatic rings. The van der Waals surface area contributed by atoms with Crippen LogP contribution in [-0.2, 0) is 0 Å². The number of nitro groups is 1. The van der Waals surface area contributed by atoms with E-state index in [0.717, 1.165) is 3.57 Å². The normalized spacial score (nSPS) is 10.2. The highest BCUT2D eigenvalue weighted by Gasteiger charge is 2.23. The molecule has 9 heteroatoms. The predicted octanol–water partition coefficient (Wildman–Crippen LogP) is 3.87. The molecule has 0 spiro atoms. The molecule has 0 radical (unpaired) electrons. The van der Waals surface area contributed by atoms with Gasteiger partial charge in [-0.25, -0.2) is 15.0 Å². The van der Waals surface area contributed by atoms with Crippen LogP contribution in [0, 0.1) is 13.7 Å². The number of anilines is 4. The van der Waals surface area contributed by atoms with Crippen LogP contribution in [0.15, 0.2) is 55.0 Å². The first kappa shape index (κ1) is 16.1. The van der Waals surface area contributed by atoms with Gasteiger partial charge in [0.2, 0.25) is 11.6 Å². The topological polar surface area (TPSA) is 106 Å². The van der Waals surface area contributed by atoms with E-state index in [4.69, 9.17) is 0 Å². The third-order valence-corrected chi connectivity index (χ3v) is 3.74. The van der Waals surface area contributed by atoms with Gasteiger partial charge < -0.3 is 10.6 Å². The van der Waals surface area contributed by atoms with Crippen LogP contribution >= 0.6 is 22.6 Å². The summed E-state index contributed by atoms with van der Waals surface area (Å²) in [4.78, 5) is 23.0. The average Bonchev–Trinajstić information content (AvgIpc) is 2.58. The predicted molar refractivity (Wildman–Crippen MR) is 98.6 cm³/mol. The highest BCUT2D eigenvalue weighted by atomic mass is 127. The van der Waals surface area contributed by atoms with Gasteiger partial charge in [-0.2, -0.15) is 0 Å². The molecule has 24 heavy (non-hydrogen) atoms. The molecule has 120 valence electrons. The maximum absolute atomic E-state index is 11.5. The Kier molecular flexibility index (Phi) is 4.79. The monoisotopic (exact) mass is 434 g/mol. The van der Waals surface area contributed by atoms with E-state index in [1.165, 1.54) is 6.33 Å². The quantitative estimate of drug-likeness (QED) is 0.357. The molecule has 0 amide bonds. The van der Waals surface area contributed by atoms with Crippen LogP contribution in [0.3, 0.4) is 0 Å². The van der Waals surface area contributed by atoms with Crippen LogP contribution in [0.4, 0.5) is 28.8 Å². The molecule has 2 N–H and O–H groups in total. The summed E-state index contributed by atoms with van der Waals surface area (Å²) in [7, 11) is 0. The summed E-state index contributed by atoms with van der Waals surface area (Å²) in [5.41, 5.74) is 0.447. The first-order valence-corrected chi connectivity index (χ1v) is 7.91. The number of hydrogen-bond donors (Lipinski definition) is 2. The summed E-state index contributed by atoms with van der Waals surface area (Å²) in [6, 6.07) is 12.6. The highest BCUT2D eigenvalue weighted by Crippen LogP contribution is 2.32. The molecule has 0 saturated heterocycles. The fourth-order valence-corrected chi connectivity index (χ4v) is 2.32. The standard InChI is InChI=1S/C15H11IN6O2/c16-10-4-6-11(7-5-10)20-14-13(22(23)24)15(19-9-18-14)21-12-3-1-2-8-17-12/h1-9H,(H2,17,18,19,20,21). The van der Waals surface area contributed by atoms with Crippen molar-refractivity contribution in [2.75, 3.05) is 10.6 Å². The first-order valence-electron chi connectivity index (χ1n) is 6.83. The van der Waals surface area contributed by atoms with Crippen molar-refractivity contribution >= 4 is 51.4 Å². The van der Waals surface area contributed by atoms with E-state index in [9.17, 15) is 10.1 Å². The van der Waals surface area contributed by atoms with Crippen molar-refractivity contribution in [2.45, 2.75) is 0 Å². The molecule has 8 nitrogen and oxygen atoms in total. The minimum Gasteiger partial charge on any atom is -0.334 e. The largest absolute Gasteiger partial charge is 0.353 e. The van der Waals surface area contributed by atoms with Crippen LogP contribution in [0.25, 0.3) is 0 Å². The maximum atomic E-state index is 11.5. The van der Waals surface area contributed by atoms with Gasteiger partial charge in [-0.15, -0.1) is 0 Å². The van der Waals surface area contributed by atoms with Crippen molar-refractivity contribution in [3.63, 3.8) is 0 Å². The number of aromatic nitrogens is 3. The number of pyridine rings is 1. The van der Waals surface area contributed by atoms with E-state index in [-0.39, 0.29) is 17.3 Å². The van der Waals surface area contributed by atoms with E-state index in [2.05, 4.69) is 48.2 Å². The zero-order valence-corrected chi connectivity index (χ0v) is 14.3. The third kappa shape index (κ3) is 3.74. The lowest BCUT2D eigenvalue weighted by molar-refractivity contribution is -0.383. The van der Waals surface area contributed by atoms with E-state index in [1.807, 2.05) is 24.3 Å². The summed E-state index contributed by atoms with van der Waals surface area (Å²) in [6.07, 6.45) is 2.84. The van der Waals surface area contributed by atoms with E-state index >= 15 is 0 Å². The molecule has 2 aromatic heterocycles. The summed E-state index contributed by atoms with van der Waals surface area (Å²) in [6.45, 7) is 0. The Morgan fingerprint density at radius 3 is 2.29 bits per heavy atom. The van der Waals surface area contributed by atoms with Gasteiger partial charge >= 0.3 is 5.69 Å². The van der Waals surface area contributed by atoms with Crippen molar-refractivity contribution in [3.8, 4) is 0 Å². The molecule has 0 atom stereocenters. The van der Waals surface area contributed by atoms with Gasteiger partial charge in [-0.05, 0) is 59.0 Å². The lowest BCUT2D eigenvalue weighted by atomic mass is 10.3. The van der Waals surface area contributed by atoms with Gasteiger partial charge in [0.05, 0.1) is 4.92 Å². The molecule has 3 rings (SSSR count). The summed E-state index contributed by atoms with van der Waals surface area (Å²) in [5, 5.41) is 17.3. The van der Waals surface area contributed by atoms with Gasteiger partial charge in [-0.1, -0.05) is 6.07 Å². The van der Waals surface area contributed by atoms with Crippen LogP contribution in [0.5, 0.6) is 0 Å². The first-order chi connectivity index (χ1) is 11.6. The molecule has 0 fully saturated rings. The molecule has 0 bridgehead atoms. The second-order valence-corrected chi connectivity index (χ2v) is 5.89. The highest BCUT2D eigenvalue weighted by molar-refractivity contribution is 14.1. The molecular weight excluding hydrogens is 423 g/mol. The number of benzene rings is 1. The molecule has 0 saturated carbocycles. The Labute approximate surface area is 150 Å². The van der Waals surface area contributed by atoms with Gasteiger partial charge in [0.1, 0.15) is 12.1 Å². The second kappa shape index (κ2) is 7.17. The fourth-order valence-electron chi connectivity index (χ4n) is 1.96. The van der Waals surface area contributed by atoms with Crippen LogP contribution in [-0.4, -0.2) is 19.9 Å². The second-order valence-electron chi connectivity index (χ2n) is 4.65. The van der Waals surface area contributed by atoms with E-state index in [1.54, 1.807) is 24.4 Å². The van der Waals surface area contributed by atoms with Crippen LogP contribution in [0.2, 0.25) is 0 Å². The Hall–Kier alpha value is -2.82. The molecule has 0 aliphatic rings. The van der Waals surface area contributed by atoms with Gasteiger partial charge in [0.15, 0.2) is 0 Å². The summed E-state index contributed by atoms with van der Waals surface area (Å²) in [5.74, 6) is 0.635. The average molecular weight is 434 g/mol.